The van der Waals surface area contributed by atoms with Gasteiger partial charge in [0.2, 0.25) is 5.95 Å². The Labute approximate surface area is 160 Å². The normalized spacial score (nSPS) is 28.8. The number of nitrogens with zero attached hydrogens (tertiary/aromatic N) is 5. The van der Waals surface area contributed by atoms with Crippen LogP contribution < -0.4 is 4.90 Å². The third kappa shape index (κ3) is 3.66. The molecule has 1 aromatic heterocycles. The molecule has 0 spiro atoms. The van der Waals surface area contributed by atoms with Crippen LogP contribution in [0.2, 0.25) is 0 Å². The Morgan fingerprint density at radius 2 is 1.89 bits per heavy atom. The number of anilines is 1. The number of carboxylic acid groups (broad SMARTS) is 1. The molecular weight excluding hydrogens is 346 g/mol. The van der Waals surface area contributed by atoms with Crippen molar-refractivity contribution in [3.05, 3.63) is 18.0 Å². The minimum absolute atomic E-state index is 0.164. The predicted octanol–water partition coefficient (Wildman–Crippen LogP) is 0.542. The van der Waals surface area contributed by atoms with E-state index >= 15 is 0 Å². The van der Waals surface area contributed by atoms with E-state index in [1.165, 1.54) is 12.8 Å². The summed E-state index contributed by atoms with van der Waals surface area (Å²) in [7, 11) is 1.68. The van der Waals surface area contributed by atoms with Gasteiger partial charge in [0.15, 0.2) is 0 Å². The summed E-state index contributed by atoms with van der Waals surface area (Å²) in [6.07, 6.45) is 6.21. The Hall–Kier alpha value is -1.77. The monoisotopic (exact) mass is 375 g/mol. The van der Waals surface area contributed by atoms with Gasteiger partial charge in [-0.2, -0.15) is 0 Å². The Bertz CT molecular complexity index is 664. The first kappa shape index (κ1) is 18.6. The molecule has 0 bridgehead atoms. The van der Waals surface area contributed by atoms with Crippen molar-refractivity contribution >= 4 is 11.9 Å². The molecule has 1 N–H and O–H groups in total. The fourth-order valence-electron chi connectivity index (χ4n) is 4.86. The van der Waals surface area contributed by atoms with E-state index in [1.807, 2.05) is 12.4 Å². The third-order valence-electron chi connectivity index (χ3n) is 6.27. The summed E-state index contributed by atoms with van der Waals surface area (Å²) in [5.41, 5.74) is 0.388. The highest BCUT2D eigenvalue weighted by Gasteiger charge is 2.57. The van der Waals surface area contributed by atoms with Crippen molar-refractivity contribution in [2.24, 2.45) is 11.3 Å². The maximum Gasteiger partial charge on any atom is 0.312 e. The molecule has 3 aliphatic heterocycles. The van der Waals surface area contributed by atoms with Crippen LogP contribution in [0.1, 0.15) is 18.4 Å². The van der Waals surface area contributed by atoms with Gasteiger partial charge in [0, 0.05) is 83.3 Å². The van der Waals surface area contributed by atoms with Crippen molar-refractivity contribution in [1.29, 1.82) is 0 Å². The fraction of sp³-hybridized carbons (Fsp3) is 0.737. The van der Waals surface area contributed by atoms with E-state index in [-0.39, 0.29) is 5.92 Å². The number of rotatable bonds is 7. The summed E-state index contributed by atoms with van der Waals surface area (Å²) < 4.78 is 5.15. The van der Waals surface area contributed by atoms with Crippen molar-refractivity contribution in [2.75, 3.05) is 64.4 Å². The van der Waals surface area contributed by atoms with Crippen LogP contribution in [0.15, 0.2) is 12.4 Å². The van der Waals surface area contributed by atoms with Gasteiger partial charge in [-0.1, -0.05) is 0 Å². The van der Waals surface area contributed by atoms with Crippen LogP contribution in [0.3, 0.4) is 0 Å². The minimum Gasteiger partial charge on any atom is -0.481 e. The average Bonchev–Trinajstić information content (AvgIpc) is 3.35. The molecular formula is C19H29N5O3. The lowest BCUT2D eigenvalue weighted by Gasteiger charge is -2.25. The van der Waals surface area contributed by atoms with Gasteiger partial charge >= 0.3 is 5.97 Å². The highest BCUT2D eigenvalue weighted by atomic mass is 16.5. The summed E-state index contributed by atoms with van der Waals surface area (Å²) in [6.45, 7) is 7.06. The SMILES string of the molecule is COCCN1C[C@H]2CN(Cc3cnc(N4CCCC4)nc3)C[C@@]2(C(=O)O)C1. The van der Waals surface area contributed by atoms with Crippen LogP contribution >= 0.6 is 0 Å². The number of likely N-dealkylation sites (tertiary alicyclic amines) is 2. The molecule has 8 heteroatoms. The number of carbonyl (C=O) groups is 1. The third-order valence-corrected chi connectivity index (χ3v) is 6.27. The Morgan fingerprint density at radius 3 is 2.52 bits per heavy atom. The predicted molar refractivity (Wildman–Crippen MR) is 101 cm³/mol. The maximum absolute atomic E-state index is 12.1. The second kappa shape index (κ2) is 7.69. The Balaban J connectivity index is 1.38. The van der Waals surface area contributed by atoms with E-state index < -0.39 is 11.4 Å². The van der Waals surface area contributed by atoms with Crippen LogP contribution in [-0.4, -0.2) is 90.4 Å². The van der Waals surface area contributed by atoms with E-state index in [1.54, 1.807) is 7.11 Å². The van der Waals surface area contributed by atoms with Crippen LogP contribution in [0.4, 0.5) is 5.95 Å². The number of carboxylic acids is 1. The lowest BCUT2D eigenvalue weighted by atomic mass is 9.81. The van der Waals surface area contributed by atoms with E-state index in [0.717, 1.165) is 44.2 Å². The van der Waals surface area contributed by atoms with E-state index in [0.29, 0.717) is 26.2 Å². The summed E-state index contributed by atoms with van der Waals surface area (Å²) in [6, 6.07) is 0. The van der Waals surface area contributed by atoms with Crippen LogP contribution in [0, 0.1) is 11.3 Å². The van der Waals surface area contributed by atoms with Gasteiger partial charge in [-0.25, -0.2) is 9.97 Å². The molecule has 3 saturated heterocycles. The first-order valence-corrected chi connectivity index (χ1v) is 9.83. The molecule has 4 rings (SSSR count). The van der Waals surface area contributed by atoms with Crippen molar-refractivity contribution in [3.8, 4) is 0 Å². The summed E-state index contributed by atoms with van der Waals surface area (Å²) in [5, 5.41) is 9.94. The zero-order valence-electron chi connectivity index (χ0n) is 16.0. The molecule has 0 unspecified atom stereocenters. The van der Waals surface area contributed by atoms with Gasteiger partial charge in [0.05, 0.1) is 12.0 Å². The highest BCUT2D eigenvalue weighted by molar-refractivity contribution is 5.77. The van der Waals surface area contributed by atoms with Gasteiger partial charge in [-0.3, -0.25) is 14.6 Å². The summed E-state index contributed by atoms with van der Waals surface area (Å²) in [4.78, 5) is 27.8. The molecule has 0 radical (unpaired) electrons. The second-order valence-electron chi connectivity index (χ2n) is 8.14. The molecule has 3 aliphatic rings. The zero-order valence-corrected chi connectivity index (χ0v) is 16.0. The van der Waals surface area contributed by atoms with Crippen molar-refractivity contribution in [2.45, 2.75) is 19.4 Å². The lowest BCUT2D eigenvalue weighted by molar-refractivity contribution is -0.149. The van der Waals surface area contributed by atoms with Crippen LogP contribution in [-0.2, 0) is 16.1 Å². The van der Waals surface area contributed by atoms with Crippen molar-refractivity contribution < 1.29 is 14.6 Å². The molecule has 0 aromatic carbocycles. The van der Waals surface area contributed by atoms with Crippen LogP contribution in [0.25, 0.3) is 0 Å². The molecule has 3 fully saturated rings. The molecule has 0 aliphatic carbocycles. The van der Waals surface area contributed by atoms with Gasteiger partial charge in [0.1, 0.15) is 0 Å². The van der Waals surface area contributed by atoms with E-state index in [2.05, 4.69) is 24.7 Å². The number of aromatic nitrogens is 2. The van der Waals surface area contributed by atoms with Gasteiger partial charge < -0.3 is 14.7 Å². The van der Waals surface area contributed by atoms with E-state index in [9.17, 15) is 9.90 Å². The number of hydrogen-bond donors (Lipinski definition) is 1. The molecule has 0 amide bonds. The molecule has 27 heavy (non-hydrogen) atoms. The number of methoxy groups -OCH3 is 1. The summed E-state index contributed by atoms with van der Waals surface area (Å²) in [5.74, 6) is 0.303. The molecule has 0 saturated carbocycles. The number of hydrogen-bond acceptors (Lipinski definition) is 7. The van der Waals surface area contributed by atoms with Crippen LogP contribution in [0.5, 0.6) is 0 Å². The van der Waals surface area contributed by atoms with Gasteiger partial charge in [0.25, 0.3) is 0 Å². The Kier molecular flexibility index (Phi) is 5.29. The first-order valence-electron chi connectivity index (χ1n) is 9.83. The molecule has 2 atom stereocenters. The molecule has 1 aromatic rings. The summed E-state index contributed by atoms with van der Waals surface area (Å²) >= 11 is 0. The lowest BCUT2D eigenvalue weighted by Crippen LogP contribution is -2.41. The highest BCUT2D eigenvalue weighted by Crippen LogP contribution is 2.43. The topological polar surface area (TPSA) is 82.0 Å². The van der Waals surface area contributed by atoms with E-state index in [4.69, 9.17) is 4.74 Å². The largest absolute Gasteiger partial charge is 0.481 e. The zero-order chi connectivity index (χ0) is 18.9. The maximum atomic E-state index is 12.1. The second-order valence-corrected chi connectivity index (χ2v) is 8.14. The number of aliphatic carboxylic acids is 1. The smallest absolute Gasteiger partial charge is 0.312 e. The van der Waals surface area contributed by atoms with Crippen molar-refractivity contribution in [3.63, 3.8) is 0 Å². The molecule has 4 heterocycles. The fourth-order valence-corrected chi connectivity index (χ4v) is 4.86. The van der Waals surface area contributed by atoms with Gasteiger partial charge in [-0.05, 0) is 12.8 Å². The average molecular weight is 375 g/mol. The first-order chi connectivity index (χ1) is 13.1. The standard InChI is InChI=1S/C19H29N5O3/c1-27-7-6-22-11-16-12-23(14-19(16,13-22)17(25)26)10-15-8-20-18(21-9-15)24-4-2-3-5-24/h8-9,16H,2-7,10-14H2,1H3,(H,25,26)/t16-,19-/m0/s1. The van der Waals surface area contributed by atoms with Crippen molar-refractivity contribution in [1.82, 2.24) is 19.8 Å². The molecule has 8 nitrogen and oxygen atoms in total. The minimum atomic E-state index is -0.671. The number of ether oxygens (including phenoxy) is 1. The Morgan fingerprint density at radius 1 is 1.22 bits per heavy atom. The number of fused-ring (bicyclic) bond motifs is 1. The van der Waals surface area contributed by atoms with Gasteiger partial charge in [-0.15, -0.1) is 0 Å². The quantitative estimate of drug-likeness (QED) is 0.740. The molecule has 148 valence electrons.